The number of carbonyl (C=O) groups is 1. The predicted octanol–water partition coefficient (Wildman–Crippen LogP) is 2.58. The number of carbonyl (C=O) groups excluding carboxylic acids is 1. The van der Waals surface area contributed by atoms with Gasteiger partial charge in [0.25, 0.3) is 0 Å². The summed E-state index contributed by atoms with van der Waals surface area (Å²) < 4.78 is 5.41. The van der Waals surface area contributed by atoms with Gasteiger partial charge in [-0.1, -0.05) is 18.2 Å². The Balaban J connectivity index is 1.86. The number of ether oxygens (including phenoxy) is 1. The topological polar surface area (TPSA) is 50.4 Å². The Morgan fingerprint density at radius 3 is 2.90 bits per heavy atom. The van der Waals surface area contributed by atoms with E-state index in [4.69, 9.17) is 17.0 Å². The average molecular weight is 306 g/mol. The quantitative estimate of drug-likeness (QED) is 0.475. The number of hydrogen-bond acceptors (Lipinski definition) is 3. The van der Waals surface area contributed by atoms with Crippen LogP contribution >= 0.6 is 12.2 Å². The Morgan fingerprint density at radius 2 is 2.33 bits per heavy atom. The van der Waals surface area contributed by atoms with Crippen molar-refractivity contribution in [3.05, 3.63) is 35.1 Å². The molecule has 2 rings (SSSR count). The second-order valence-electron chi connectivity index (χ2n) is 5.67. The molecule has 0 bridgehead atoms. The molecule has 1 aliphatic heterocycles. The van der Waals surface area contributed by atoms with Crippen molar-refractivity contribution in [2.24, 2.45) is 5.92 Å². The van der Waals surface area contributed by atoms with E-state index in [0.717, 1.165) is 25.0 Å². The molecule has 0 fully saturated rings. The van der Waals surface area contributed by atoms with Crippen LogP contribution in [0.2, 0.25) is 0 Å². The lowest BCUT2D eigenvalue weighted by molar-refractivity contribution is -0.138. The summed E-state index contributed by atoms with van der Waals surface area (Å²) in [6.45, 7) is 8.72. The average Bonchev–Trinajstić information content (AvgIpc) is 2.45. The Kier molecular flexibility index (Phi) is 5.17. The van der Waals surface area contributed by atoms with Crippen molar-refractivity contribution >= 4 is 23.3 Å². The number of thiocarbonyl (C=S) groups is 1. The van der Waals surface area contributed by atoms with Crippen LogP contribution in [0.25, 0.3) is 0 Å². The minimum atomic E-state index is -0.280. The first-order chi connectivity index (χ1) is 9.97. The van der Waals surface area contributed by atoms with Gasteiger partial charge in [0.05, 0.1) is 12.1 Å². The van der Waals surface area contributed by atoms with Crippen molar-refractivity contribution in [3.63, 3.8) is 0 Å². The second kappa shape index (κ2) is 6.89. The van der Waals surface area contributed by atoms with Crippen molar-refractivity contribution in [1.82, 2.24) is 10.6 Å². The maximum atomic E-state index is 12.1. The third-order valence-corrected chi connectivity index (χ3v) is 4.26. The number of rotatable bonds is 4. The minimum Gasteiger partial charge on any atom is -0.458 e. The summed E-state index contributed by atoms with van der Waals surface area (Å²) in [7, 11) is 0. The normalized spacial score (nSPS) is 22.1. The first kappa shape index (κ1) is 15.8. The Bertz CT molecular complexity index is 534. The van der Waals surface area contributed by atoms with Gasteiger partial charge in [0.2, 0.25) is 0 Å². The van der Waals surface area contributed by atoms with Gasteiger partial charge >= 0.3 is 5.97 Å². The van der Waals surface area contributed by atoms with Crippen molar-refractivity contribution in [2.75, 3.05) is 13.2 Å². The van der Waals surface area contributed by atoms with E-state index < -0.39 is 0 Å². The van der Waals surface area contributed by atoms with Crippen LogP contribution in [0.5, 0.6) is 0 Å². The molecule has 0 unspecified atom stereocenters. The highest BCUT2D eigenvalue weighted by atomic mass is 32.1. The van der Waals surface area contributed by atoms with Gasteiger partial charge in [-0.2, -0.15) is 0 Å². The Morgan fingerprint density at radius 1 is 1.57 bits per heavy atom. The molecule has 0 aromatic heterocycles. The highest BCUT2D eigenvalue weighted by Crippen LogP contribution is 2.28. The highest BCUT2D eigenvalue weighted by Gasteiger charge is 2.21. The van der Waals surface area contributed by atoms with E-state index in [9.17, 15) is 4.79 Å². The molecule has 5 heteroatoms. The van der Waals surface area contributed by atoms with Crippen LogP contribution in [-0.4, -0.2) is 24.2 Å². The lowest BCUT2D eigenvalue weighted by atomic mass is 9.86. The van der Waals surface area contributed by atoms with Gasteiger partial charge in [0, 0.05) is 5.70 Å². The molecule has 0 aromatic rings. The van der Waals surface area contributed by atoms with Crippen LogP contribution in [0.15, 0.2) is 35.1 Å². The number of nitrogens with one attached hydrogen (secondary N) is 2. The Hall–Kier alpha value is -1.62. The molecule has 0 spiro atoms. The zero-order valence-corrected chi connectivity index (χ0v) is 13.4. The second-order valence-corrected chi connectivity index (χ2v) is 6.08. The summed E-state index contributed by atoms with van der Waals surface area (Å²) >= 11 is 5.00. The summed E-state index contributed by atoms with van der Waals surface area (Å²) in [5, 5.41) is 6.42. The third kappa shape index (κ3) is 4.17. The molecule has 2 N–H and O–H groups in total. The summed E-state index contributed by atoms with van der Waals surface area (Å²) in [6, 6.07) is 0. The number of hydrogen-bond donors (Lipinski definition) is 2. The first-order valence-corrected chi connectivity index (χ1v) is 7.63. The molecule has 0 amide bonds. The molecule has 0 saturated carbocycles. The molecule has 114 valence electrons. The molecule has 1 aliphatic carbocycles. The molecule has 1 heterocycles. The molecule has 0 saturated heterocycles. The minimum absolute atomic E-state index is 0.280. The fraction of sp³-hybridized carbons (Fsp3) is 0.500. The molecular weight excluding hydrogens is 284 g/mol. The van der Waals surface area contributed by atoms with Crippen LogP contribution in [0.3, 0.4) is 0 Å². The van der Waals surface area contributed by atoms with Crippen LogP contribution in [0, 0.1) is 5.92 Å². The van der Waals surface area contributed by atoms with Gasteiger partial charge in [-0.25, -0.2) is 4.79 Å². The van der Waals surface area contributed by atoms with Crippen molar-refractivity contribution in [2.45, 2.75) is 33.1 Å². The Labute approximate surface area is 131 Å². The van der Waals surface area contributed by atoms with Crippen LogP contribution in [0.4, 0.5) is 0 Å². The summed E-state index contributed by atoms with van der Waals surface area (Å²) in [4.78, 5) is 12.1. The van der Waals surface area contributed by atoms with Gasteiger partial charge in [-0.05, 0) is 56.8 Å². The lowest BCUT2D eigenvalue weighted by Gasteiger charge is -2.23. The van der Waals surface area contributed by atoms with Gasteiger partial charge in [0.1, 0.15) is 6.61 Å². The van der Waals surface area contributed by atoms with E-state index in [-0.39, 0.29) is 5.97 Å². The van der Waals surface area contributed by atoms with Crippen LogP contribution in [-0.2, 0) is 9.53 Å². The van der Waals surface area contributed by atoms with Crippen LogP contribution in [0.1, 0.15) is 33.1 Å². The standard InChI is InChI=1S/C16H22N2O2S/c1-10(2)13-6-4-12(5-7-13)9-20-15(19)14-8-17-16(21)18-11(14)3/h4,13H,1,5-9H2,2-3H3,(H2,17,18,21)/t13-/m1/s1. The molecule has 21 heavy (non-hydrogen) atoms. The lowest BCUT2D eigenvalue weighted by Crippen LogP contribution is -2.43. The summed E-state index contributed by atoms with van der Waals surface area (Å²) in [5.74, 6) is 0.292. The third-order valence-electron chi connectivity index (χ3n) is 4.02. The molecule has 2 aliphatic rings. The van der Waals surface area contributed by atoms with E-state index >= 15 is 0 Å². The zero-order valence-electron chi connectivity index (χ0n) is 12.6. The van der Waals surface area contributed by atoms with E-state index in [1.165, 1.54) is 11.1 Å². The fourth-order valence-corrected chi connectivity index (χ4v) is 2.75. The highest BCUT2D eigenvalue weighted by molar-refractivity contribution is 7.80. The van der Waals surface area contributed by atoms with Crippen molar-refractivity contribution < 1.29 is 9.53 Å². The van der Waals surface area contributed by atoms with E-state index in [2.05, 4.69) is 30.2 Å². The first-order valence-electron chi connectivity index (χ1n) is 7.22. The molecule has 0 radical (unpaired) electrons. The van der Waals surface area contributed by atoms with Gasteiger partial charge in [0.15, 0.2) is 5.11 Å². The number of allylic oxidation sites excluding steroid dienone is 3. The zero-order chi connectivity index (χ0) is 15.4. The molecular formula is C16H22N2O2S. The SMILES string of the molecule is C=C(C)[C@@H]1CC=C(COC(=O)C2=C(C)NC(=S)NC2)CC1. The molecule has 4 nitrogen and oxygen atoms in total. The molecule has 1 atom stereocenters. The number of esters is 1. The monoisotopic (exact) mass is 306 g/mol. The maximum Gasteiger partial charge on any atom is 0.337 e. The smallest absolute Gasteiger partial charge is 0.337 e. The molecule has 0 aromatic carbocycles. The summed E-state index contributed by atoms with van der Waals surface area (Å²) in [6.07, 6.45) is 5.26. The van der Waals surface area contributed by atoms with Crippen molar-refractivity contribution in [3.8, 4) is 0 Å². The van der Waals surface area contributed by atoms with E-state index in [0.29, 0.717) is 29.8 Å². The van der Waals surface area contributed by atoms with Gasteiger partial charge < -0.3 is 15.4 Å². The van der Waals surface area contributed by atoms with E-state index in [1.807, 2.05) is 6.92 Å². The summed E-state index contributed by atoms with van der Waals surface area (Å²) in [5.41, 5.74) is 3.81. The maximum absolute atomic E-state index is 12.1. The van der Waals surface area contributed by atoms with Crippen molar-refractivity contribution in [1.29, 1.82) is 0 Å². The van der Waals surface area contributed by atoms with E-state index in [1.54, 1.807) is 0 Å². The van der Waals surface area contributed by atoms with Gasteiger partial charge in [-0.3, -0.25) is 0 Å². The van der Waals surface area contributed by atoms with Gasteiger partial charge in [-0.15, -0.1) is 0 Å². The van der Waals surface area contributed by atoms with Crippen LogP contribution < -0.4 is 10.6 Å². The largest absolute Gasteiger partial charge is 0.458 e. The predicted molar refractivity (Wildman–Crippen MR) is 87.6 cm³/mol. The fourth-order valence-electron chi connectivity index (χ4n) is 2.53.